The van der Waals surface area contributed by atoms with Crippen LogP contribution in [0.15, 0.2) is 18.2 Å². The predicted molar refractivity (Wildman–Crippen MR) is 58.5 cm³/mol. The van der Waals surface area contributed by atoms with Crippen molar-refractivity contribution in [1.29, 1.82) is 0 Å². The van der Waals surface area contributed by atoms with E-state index in [0.717, 1.165) is 16.5 Å². The van der Waals surface area contributed by atoms with Crippen molar-refractivity contribution < 1.29 is 0 Å². The number of para-hydroxylation sites is 1. The Bertz CT molecular complexity index is 485. The molecule has 1 aromatic heterocycles. The van der Waals surface area contributed by atoms with Crippen LogP contribution in [-0.2, 0) is 5.88 Å². The first kappa shape index (κ1) is 9.49. The number of benzene rings is 1. The number of fused-ring (bicyclic) bond motifs is 1. The molecule has 0 saturated heterocycles. The highest BCUT2D eigenvalue weighted by atomic mass is 35.5. The van der Waals surface area contributed by atoms with E-state index in [0.29, 0.717) is 11.0 Å². The van der Waals surface area contributed by atoms with Crippen LogP contribution in [0.25, 0.3) is 10.9 Å². The molecule has 2 N–H and O–H groups in total. The van der Waals surface area contributed by atoms with Crippen molar-refractivity contribution in [2.45, 2.75) is 5.88 Å². The summed E-state index contributed by atoms with van der Waals surface area (Å²) in [6.45, 7) is 0. The number of rotatable bonds is 1. The number of halogens is 2. The lowest BCUT2D eigenvalue weighted by Gasteiger charge is -2.04. The molecule has 0 aliphatic carbocycles. The molecule has 5 heteroatoms. The Morgan fingerprint density at radius 3 is 2.79 bits per heavy atom. The normalized spacial score (nSPS) is 10.7. The van der Waals surface area contributed by atoms with E-state index < -0.39 is 0 Å². The number of aromatic nitrogens is 2. The van der Waals surface area contributed by atoms with Crippen molar-refractivity contribution in [1.82, 2.24) is 9.97 Å². The molecule has 0 saturated carbocycles. The molecular weight excluding hydrogens is 221 g/mol. The van der Waals surface area contributed by atoms with Crippen LogP contribution < -0.4 is 5.73 Å². The Kier molecular flexibility index (Phi) is 2.44. The van der Waals surface area contributed by atoms with Crippen molar-refractivity contribution in [3.8, 4) is 0 Å². The van der Waals surface area contributed by atoms with Crippen LogP contribution in [0.5, 0.6) is 0 Å². The van der Waals surface area contributed by atoms with E-state index in [2.05, 4.69) is 9.97 Å². The molecule has 0 bridgehead atoms. The molecule has 0 aliphatic heterocycles. The van der Waals surface area contributed by atoms with Gasteiger partial charge >= 0.3 is 0 Å². The van der Waals surface area contributed by atoms with Crippen LogP contribution in [0.3, 0.4) is 0 Å². The predicted octanol–water partition coefficient (Wildman–Crippen LogP) is 2.60. The first-order valence-corrected chi connectivity index (χ1v) is 4.90. The van der Waals surface area contributed by atoms with E-state index in [4.69, 9.17) is 28.9 Å². The topological polar surface area (TPSA) is 51.8 Å². The van der Waals surface area contributed by atoms with Gasteiger partial charge < -0.3 is 5.73 Å². The summed E-state index contributed by atoms with van der Waals surface area (Å²) >= 11 is 11.7. The summed E-state index contributed by atoms with van der Waals surface area (Å²) in [4.78, 5) is 7.97. The van der Waals surface area contributed by atoms with E-state index in [1.807, 2.05) is 18.2 Å². The van der Waals surface area contributed by atoms with Crippen LogP contribution in [0.1, 0.15) is 5.56 Å². The monoisotopic (exact) mass is 227 g/mol. The van der Waals surface area contributed by atoms with E-state index in [-0.39, 0.29) is 5.95 Å². The van der Waals surface area contributed by atoms with Gasteiger partial charge in [-0.2, -0.15) is 0 Å². The third kappa shape index (κ3) is 1.49. The summed E-state index contributed by atoms with van der Waals surface area (Å²) in [5, 5.41) is 1.14. The van der Waals surface area contributed by atoms with Gasteiger partial charge in [0.15, 0.2) is 0 Å². The highest BCUT2D eigenvalue weighted by Crippen LogP contribution is 2.24. The second-order valence-corrected chi connectivity index (χ2v) is 3.44. The van der Waals surface area contributed by atoms with E-state index in [1.165, 1.54) is 0 Å². The molecule has 3 nitrogen and oxygen atoms in total. The van der Waals surface area contributed by atoms with Gasteiger partial charge in [0, 0.05) is 11.3 Å². The van der Waals surface area contributed by atoms with Crippen LogP contribution in [0, 0.1) is 0 Å². The quantitative estimate of drug-likeness (QED) is 0.602. The van der Waals surface area contributed by atoms with Gasteiger partial charge in [-0.05, 0) is 11.6 Å². The summed E-state index contributed by atoms with van der Waals surface area (Å²) in [6, 6.07) is 5.59. The molecule has 0 spiro atoms. The van der Waals surface area contributed by atoms with Gasteiger partial charge in [-0.25, -0.2) is 9.97 Å². The molecular formula is C9H7Cl2N3. The van der Waals surface area contributed by atoms with Gasteiger partial charge in [-0.3, -0.25) is 0 Å². The summed E-state index contributed by atoms with van der Waals surface area (Å²) in [6.07, 6.45) is 0. The zero-order valence-electron chi connectivity index (χ0n) is 7.17. The number of hydrogen-bond acceptors (Lipinski definition) is 3. The van der Waals surface area contributed by atoms with Gasteiger partial charge in [-0.15, -0.1) is 11.6 Å². The molecule has 0 amide bonds. The number of nitrogen functional groups attached to an aromatic ring is 1. The Morgan fingerprint density at radius 2 is 2.07 bits per heavy atom. The minimum absolute atomic E-state index is 0.167. The maximum absolute atomic E-state index is 5.92. The fourth-order valence-corrected chi connectivity index (χ4v) is 1.75. The van der Waals surface area contributed by atoms with E-state index in [9.17, 15) is 0 Å². The molecule has 0 unspecified atom stereocenters. The number of hydrogen-bond donors (Lipinski definition) is 1. The largest absolute Gasteiger partial charge is 0.368 e. The van der Waals surface area contributed by atoms with Crippen LogP contribution >= 0.6 is 23.2 Å². The Labute approximate surface area is 90.9 Å². The molecule has 0 fully saturated rings. The van der Waals surface area contributed by atoms with Crippen molar-refractivity contribution in [2.75, 3.05) is 5.73 Å². The van der Waals surface area contributed by atoms with Gasteiger partial charge in [0.2, 0.25) is 5.95 Å². The number of alkyl halides is 1. The highest BCUT2D eigenvalue weighted by molar-refractivity contribution is 6.34. The summed E-state index contributed by atoms with van der Waals surface area (Å²) in [5.74, 6) is 0.546. The summed E-state index contributed by atoms with van der Waals surface area (Å²) in [5.41, 5.74) is 7.12. The second-order valence-electron chi connectivity index (χ2n) is 2.82. The molecule has 0 radical (unpaired) electrons. The first-order chi connectivity index (χ1) is 6.72. The zero-order chi connectivity index (χ0) is 10.1. The average Bonchev–Trinajstić information content (AvgIpc) is 2.17. The average molecular weight is 228 g/mol. The van der Waals surface area contributed by atoms with Crippen LogP contribution in [0.2, 0.25) is 5.15 Å². The van der Waals surface area contributed by atoms with Gasteiger partial charge in [0.25, 0.3) is 0 Å². The van der Waals surface area contributed by atoms with Gasteiger partial charge in [0.1, 0.15) is 5.15 Å². The second kappa shape index (κ2) is 3.59. The number of anilines is 1. The Balaban J connectivity index is 2.86. The summed E-state index contributed by atoms with van der Waals surface area (Å²) < 4.78 is 0. The van der Waals surface area contributed by atoms with Crippen molar-refractivity contribution in [3.63, 3.8) is 0 Å². The van der Waals surface area contributed by atoms with E-state index in [1.54, 1.807) is 0 Å². The van der Waals surface area contributed by atoms with Crippen LogP contribution in [-0.4, -0.2) is 9.97 Å². The molecule has 1 aromatic carbocycles. The number of nitrogens with zero attached hydrogens (tertiary/aromatic N) is 2. The third-order valence-corrected chi connectivity index (χ3v) is 2.50. The van der Waals surface area contributed by atoms with Gasteiger partial charge in [0.05, 0.1) is 5.52 Å². The summed E-state index contributed by atoms with van der Waals surface area (Å²) in [7, 11) is 0. The van der Waals surface area contributed by atoms with Crippen molar-refractivity contribution in [3.05, 3.63) is 28.9 Å². The molecule has 2 rings (SSSR count). The molecule has 1 heterocycles. The third-order valence-electron chi connectivity index (χ3n) is 1.92. The molecule has 0 aliphatic rings. The Hall–Kier alpha value is -1.06. The molecule has 0 atom stereocenters. The SMILES string of the molecule is Nc1nc(Cl)c2cccc(CCl)c2n1. The molecule has 14 heavy (non-hydrogen) atoms. The standard InChI is InChI=1S/C9H7Cl2N3/c10-4-5-2-1-3-6-7(5)13-9(12)14-8(6)11/h1-3H,4H2,(H2,12,13,14). The zero-order valence-corrected chi connectivity index (χ0v) is 8.68. The van der Waals surface area contributed by atoms with Crippen molar-refractivity contribution >= 4 is 40.1 Å². The minimum atomic E-state index is 0.167. The molecule has 2 aromatic rings. The smallest absolute Gasteiger partial charge is 0.222 e. The van der Waals surface area contributed by atoms with Crippen molar-refractivity contribution in [2.24, 2.45) is 0 Å². The van der Waals surface area contributed by atoms with Gasteiger partial charge in [-0.1, -0.05) is 23.7 Å². The molecule has 72 valence electrons. The fourth-order valence-electron chi connectivity index (χ4n) is 1.30. The van der Waals surface area contributed by atoms with E-state index >= 15 is 0 Å². The lowest BCUT2D eigenvalue weighted by molar-refractivity contribution is 1.22. The minimum Gasteiger partial charge on any atom is -0.368 e. The Morgan fingerprint density at radius 1 is 1.29 bits per heavy atom. The fraction of sp³-hybridized carbons (Fsp3) is 0.111. The first-order valence-electron chi connectivity index (χ1n) is 3.99. The number of nitrogens with two attached hydrogens (primary N) is 1. The maximum atomic E-state index is 5.92. The lowest BCUT2D eigenvalue weighted by Crippen LogP contribution is -1.97. The maximum Gasteiger partial charge on any atom is 0.222 e. The highest BCUT2D eigenvalue weighted by Gasteiger charge is 2.06. The van der Waals surface area contributed by atoms with Crippen LogP contribution in [0.4, 0.5) is 5.95 Å². The lowest BCUT2D eigenvalue weighted by atomic mass is 10.1.